The van der Waals surface area contributed by atoms with Gasteiger partial charge in [-0.25, -0.2) is 21.5 Å². The van der Waals surface area contributed by atoms with Crippen LogP contribution in [0.5, 0.6) is 0 Å². The van der Waals surface area contributed by atoms with Gasteiger partial charge in [-0.05, 0) is 55.2 Å². The van der Waals surface area contributed by atoms with Crippen molar-refractivity contribution in [1.29, 1.82) is 0 Å². The summed E-state index contributed by atoms with van der Waals surface area (Å²) in [5.41, 5.74) is 7.57. The molecule has 0 aliphatic carbocycles. The zero-order valence-electron chi connectivity index (χ0n) is 16.9. The number of nitrogens with two attached hydrogens (primary N) is 1. The molecule has 2 aromatic carbocycles. The minimum Gasteiger partial charge on any atom is -0.366 e. The van der Waals surface area contributed by atoms with Gasteiger partial charge in [0.1, 0.15) is 11.6 Å². The van der Waals surface area contributed by atoms with E-state index in [0.717, 1.165) is 6.07 Å². The molecule has 1 aliphatic rings. The van der Waals surface area contributed by atoms with Crippen LogP contribution >= 0.6 is 0 Å². The molecule has 0 bridgehead atoms. The molecule has 7 nitrogen and oxygen atoms in total. The normalized spacial score (nSPS) is 16.1. The van der Waals surface area contributed by atoms with Crippen LogP contribution in [0, 0.1) is 11.6 Å². The summed E-state index contributed by atoms with van der Waals surface area (Å²) in [6.45, 7) is 2.38. The van der Waals surface area contributed by atoms with Crippen molar-refractivity contribution in [3.8, 4) is 11.1 Å². The molecule has 0 saturated carbocycles. The van der Waals surface area contributed by atoms with Gasteiger partial charge >= 0.3 is 0 Å². The molecule has 0 atom stereocenters. The third-order valence-electron chi connectivity index (χ3n) is 5.76. The number of sulfonamides is 1. The Morgan fingerprint density at radius 3 is 2.32 bits per heavy atom. The number of hydrogen-bond acceptors (Lipinski definition) is 4. The number of aromatic nitrogens is 2. The van der Waals surface area contributed by atoms with E-state index in [1.165, 1.54) is 22.5 Å². The van der Waals surface area contributed by atoms with Crippen molar-refractivity contribution >= 4 is 26.8 Å². The van der Waals surface area contributed by atoms with Crippen LogP contribution in [-0.4, -0.2) is 47.7 Å². The zero-order chi connectivity index (χ0) is 22.3. The van der Waals surface area contributed by atoms with Gasteiger partial charge in [-0.1, -0.05) is 0 Å². The number of H-pyrrole nitrogens is 1. The van der Waals surface area contributed by atoms with Gasteiger partial charge in [0.2, 0.25) is 10.0 Å². The summed E-state index contributed by atoms with van der Waals surface area (Å²) >= 11 is 0. The van der Waals surface area contributed by atoms with Gasteiger partial charge in [0.15, 0.2) is 0 Å². The van der Waals surface area contributed by atoms with E-state index in [1.54, 1.807) is 13.0 Å². The van der Waals surface area contributed by atoms with Crippen LogP contribution in [0.4, 0.5) is 8.78 Å². The van der Waals surface area contributed by atoms with Crippen LogP contribution in [0.2, 0.25) is 0 Å². The molecule has 1 amide bonds. The Balaban J connectivity index is 1.76. The second kappa shape index (κ2) is 8.01. The lowest BCUT2D eigenvalue weighted by molar-refractivity contribution is 0.100. The fraction of sp³-hybridized carbons (Fsp3) is 0.333. The summed E-state index contributed by atoms with van der Waals surface area (Å²) in [5, 5.41) is 7.88. The van der Waals surface area contributed by atoms with E-state index in [9.17, 15) is 22.0 Å². The van der Waals surface area contributed by atoms with Crippen molar-refractivity contribution in [2.75, 3.05) is 18.8 Å². The van der Waals surface area contributed by atoms with Crippen LogP contribution in [0.25, 0.3) is 22.0 Å². The van der Waals surface area contributed by atoms with E-state index >= 15 is 0 Å². The number of carbonyl (C=O) groups excluding carboxylic acids is 1. The molecule has 4 rings (SSSR count). The smallest absolute Gasteiger partial charge is 0.250 e. The Hall–Kier alpha value is -2.85. The number of nitrogens with zero attached hydrogens (tertiary/aromatic N) is 2. The number of rotatable bonds is 5. The molecule has 2 heterocycles. The largest absolute Gasteiger partial charge is 0.366 e. The molecule has 0 unspecified atom stereocenters. The molecule has 164 valence electrons. The number of primary amides is 1. The molecule has 1 aromatic heterocycles. The predicted octanol–water partition coefficient (Wildman–Crippen LogP) is 3.14. The third kappa shape index (κ3) is 4.05. The average molecular weight is 448 g/mol. The number of hydrogen-bond donors (Lipinski definition) is 2. The summed E-state index contributed by atoms with van der Waals surface area (Å²) in [4.78, 5) is 12.1. The Morgan fingerprint density at radius 1 is 1.13 bits per heavy atom. The first-order chi connectivity index (χ1) is 14.7. The number of aromatic amines is 1. The van der Waals surface area contributed by atoms with Crippen molar-refractivity contribution in [1.82, 2.24) is 14.5 Å². The number of halogens is 2. The molecule has 1 aliphatic heterocycles. The Bertz CT molecular complexity index is 1240. The van der Waals surface area contributed by atoms with Gasteiger partial charge in [-0.15, -0.1) is 0 Å². The highest BCUT2D eigenvalue weighted by Crippen LogP contribution is 2.36. The van der Waals surface area contributed by atoms with Crippen molar-refractivity contribution in [3.05, 3.63) is 53.2 Å². The predicted molar refractivity (Wildman–Crippen MR) is 113 cm³/mol. The highest BCUT2D eigenvalue weighted by atomic mass is 32.2. The second-order valence-electron chi connectivity index (χ2n) is 7.65. The minimum absolute atomic E-state index is 0.0303. The molecule has 3 aromatic rings. The van der Waals surface area contributed by atoms with E-state index in [-0.39, 0.29) is 22.8 Å². The van der Waals surface area contributed by atoms with E-state index in [4.69, 9.17) is 5.73 Å². The standard InChI is InChI=1S/C21H22F2N4O3S/c1-2-31(29,30)27-5-3-12(4-6-27)19-17-9-14(13-7-15(22)11-16(23)8-13)10-18(21(24)28)20(17)26-25-19/h7-12H,2-6H2,1H3,(H2,24,28)(H,25,26). The van der Waals surface area contributed by atoms with Gasteiger partial charge < -0.3 is 5.73 Å². The van der Waals surface area contributed by atoms with Crippen LogP contribution in [-0.2, 0) is 10.0 Å². The summed E-state index contributed by atoms with van der Waals surface area (Å²) in [6, 6.07) is 6.35. The number of amides is 1. The summed E-state index contributed by atoms with van der Waals surface area (Å²) < 4.78 is 53.2. The first-order valence-corrected chi connectivity index (χ1v) is 11.6. The monoisotopic (exact) mass is 448 g/mol. The SMILES string of the molecule is CCS(=O)(=O)N1CCC(c2n[nH]c3c(C(N)=O)cc(-c4cc(F)cc(F)c4)cc23)CC1. The fourth-order valence-corrected chi connectivity index (χ4v) is 5.26. The highest BCUT2D eigenvalue weighted by Gasteiger charge is 2.30. The number of carbonyl (C=O) groups is 1. The van der Waals surface area contributed by atoms with Crippen molar-refractivity contribution in [2.45, 2.75) is 25.7 Å². The van der Waals surface area contributed by atoms with Gasteiger partial charge in [-0.2, -0.15) is 5.10 Å². The van der Waals surface area contributed by atoms with E-state index in [0.29, 0.717) is 48.1 Å². The lowest BCUT2D eigenvalue weighted by atomic mass is 9.90. The number of piperidine rings is 1. The summed E-state index contributed by atoms with van der Waals surface area (Å²) in [7, 11) is -3.25. The lowest BCUT2D eigenvalue weighted by Gasteiger charge is -2.30. The number of fused-ring (bicyclic) bond motifs is 1. The molecule has 1 fully saturated rings. The van der Waals surface area contributed by atoms with Crippen LogP contribution in [0.15, 0.2) is 30.3 Å². The topological polar surface area (TPSA) is 109 Å². The third-order valence-corrected chi connectivity index (χ3v) is 7.64. The highest BCUT2D eigenvalue weighted by molar-refractivity contribution is 7.89. The quantitative estimate of drug-likeness (QED) is 0.625. The molecular formula is C21H22F2N4O3S. The van der Waals surface area contributed by atoms with Crippen molar-refractivity contribution in [3.63, 3.8) is 0 Å². The van der Waals surface area contributed by atoms with E-state index < -0.39 is 27.6 Å². The van der Waals surface area contributed by atoms with Crippen LogP contribution < -0.4 is 5.73 Å². The Labute approximate surface area is 178 Å². The molecule has 10 heteroatoms. The maximum Gasteiger partial charge on any atom is 0.250 e. The molecular weight excluding hydrogens is 426 g/mol. The maximum absolute atomic E-state index is 13.8. The molecule has 31 heavy (non-hydrogen) atoms. The van der Waals surface area contributed by atoms with Gasteiger partial charge in [0.25, 0.3) is 5.91 Å². The van der Waals surface area contributed by atoms with Gasteiger partial charge in [0.05, 0.1) is 22.5 Å². The average Bonchev–Trinajstić information content (AvgIpc) is 3.16. The molecule has 3 N–H and O–H groups in total. The minimum atomic E-state index is -3.25. The Morgan fingerprint density at radius 2 is 1.74 bits per heavy atom. The zero-order valence-corrected chi connectivity index (χ0v) is 17.7. The first-order valence-electron chi connectivity index (χ1n) is 9.95. The van der Waals surface area contributed by atoms with Crippen LogP contribution in [0.3, 0.4) is 0 Å². The summed E-state index contributed by atoms with van der Waals surface area (Å²) in [5.74, 6) is -2.13. The molecule has 1 saturated heterocycles. The van der Waals surface area contributed by atoms with Crippen molar-refractivity contribution < 1.29 is 22.0 Å². The maximum atomic E-state index is 13.8. The number of benzene rings is 2. The Kier molecular flexibility index (Phi) is 5.52. The van der Waals surface area contributed by atoms with E-state index in [2.05, 4.69) is 10.2 Å². The first kappa shape index (κ1) is 21.4. The summed E-state index contributed by atoms with van der Waals surface area (Å²) in [6.07, 6.45) is 1.15. The number of nitrogens with one attached hydrogen (secondary N) is 1. The molecule has 0 spiro atoms. The fourth-order valence-electron chi connectivity index (χ4n) is 4.12. The van der Waals surface area contributed by atoms with Crippen LogP contribution in [0.1, 0.15) is 41.7 Å². The van der Waals surface area contributed by atoms with Gasteiger partial charge in [-0.3, -0.25) is 9.89 Å². The van der Waals surface area contributed by atoms with Gasteiger partial charge in [0, 0.05) is 30.5 Å². The van der Waals surface area contributed by atoms with E-state index in [1.807, 2.05) is 0 Å². The second-order valence-corrected chi connectivity index (χ2v) is 9.91. The lowest BCUT2D eigenvalue weighted by Crippen LogP contribution is -2.38. The van der Waals surface area contributed by atoms with Crippen molar-refractivity contribution in [2.24, 2.45) is 5.73 Å². The molecule has 0 radical (unpaired) electrons.